The molecule has 0 spiro atoms. The van der Waals surface area contributed by atoms with Crippen LogP contribution < -0.4 is 14.4 Å². The molecular formula is C21H18BrN5O2S. The van der Waals surface area contributed by atoms with E-state index in [2.05, 4.69) is 30.8 Å². The summed E-state index contributed by atoms with van der Waals surface area (Å²) in [5, 5.41) is 0.795. The Morgan fingerprint density at radius 2 is 1.67 bits per heavy atom. The van der Waals surface area contributed by atoms with Crippen LogP contribution in [0.2, 0.25) is 0 Å². The van der Waals surface area contributed by atoms with Gasteiger partial charge < -0.3 is 5.73 Å². The van der Waals surface area contributed by atoms with Crippen molar-refractivity contribution in [3.05, 3.63) is 72.8 Å². The van der Waals surface area contributed by atoms with E-state index >= 15 is 0 Å². The lowest BCUT2D eigenvalue weighted by molar-refractivity contribution is 0.607. The van der Waals surface area contributed by atoms with Gasteiger partial charge in [-0.3, -0.25) is 8.65 Å². The third kappa shape index (κ3) is 4.37. The number of anilines is 4. The van der Waals surface area contributed by atoms with Crippen LogP contribution >= 0.6 is 16.1 Å². The molecule has 1 aromatic heterocycles. The Hall–Kier alpha value is -3.17. The zero-order valence-corrected chi connectivity index (χ0v) is 18.4. The number of nitrogen functional groups attached to an aromatic ring is 1. The number of nitrogens with zero attached hydrogens (tertiary/aromatic N) is 3. The number of aromatic nitrogens is 2. The molecule has 0 aliphatic heterocycles. The van der Waals surface area contributed by atoms with Crippen LogP contribution in [-0.2, 0) is 10.0 Å². The van der Waals surface area contributed by atoms with Crippen LogP contribution in [0.15, 0.2) is 72.8 Å². The van der Waals surface area contributed by atoms with Crippen LogP contribution in [0.4, 0.5) is 23.1 Å². The van der Waals surface area contributed by atoms with Crippen LogP contribution in [0.3, 0.4) is 0 Å². The summed E-state index contributed by atoms with van der Waals surface area (Å²) < 4.78 is 27.4. The highest BCUT2D eigenvalue weighted by molar-refractivity contribution is 9.10. The molecule has 1 heterocycles. The summed E-state index contributed by atoms with van der Waals surface area (Å²) in [5.74, 6) is 0.779. The van der Waals surface area contributed by atoms with E-state index in [1.807, 2.05) is 54.6 Å². The predicted octanol–water partition coefficient (Wildman–Crippen LogP) is 4.70. The second kappa shape index (κ2) is 7.92. The molecule has 0 atom stereocenters. The molecule has 0 saturated heterocycles. The van der Waals surface area contributed by atoms with Gasteiger partial charge in [-0.05, 0) is 47.5 Å². The van der Waals surface area contributed by atoms with Crippen molar-refractivity contribution < 1.29 is 8.42 Å². The molecule has 3 aromatic carbocycles. The second-order valence-electron chi connectivity index (χ2n) is 6.71. The van der Waals surface area contributed by atoms with Crippen LogP contribution in [0, 0.1) is 0 Å². The topological polar surface area (TPSA) is 101 Å². The normalized spacial score (nSPS) is 11.4. The largest absolute Gasteiger partial charge is 0.368 e. The number of para-hydroxylation sites is 1. The van der Waals surface area contributed by atoms with Crippen molar-refractivity contribution in [3.8, 4) is 11.1 Å². The molecule has 0 aliphatic rings. The van der Waals surface area contributed by atoms with Gasteiger partial charge in [-0.15, -0.1) is 0 Å². The van der Waals surface area contributed by atoms with Gasteiger partial charge in [0.05, 0.1) is 33.6 Å². The van der Waals surface area contributed by atoms with Crippen molar-refractivity contribution in [1.82, 2.24) is 9.97 Å². The van der Waals surface area contributed by atoms with Gasteiger partial charge in [0.15, 0.2) is 5.82 Å². The minimum atomic E-state index is -3.36. The van der Waals surface area contributed by atoms with Gasteiger partial charge in [-0.2, -0.15) is 4.98 Å². The van der Waals surface area contributed by atoms with Crippen molar-refractivity contribution in [2.45, 2.75) is 0 Å². The molecule has 3 N–H and O–H groups in total. The number of hydrogen-bond donors (Lipinski definition) is 2. The van der Waals surface area contributed by atoms with E-state index in [-0.39, 0.29) is 5.95 Å². The molecule has 4 aromatic rings. The molecule has 0 bridgehead atoms. The number of nitrogens with two attached hydrogens (primary N) is 1. The fourth-order valence-electron chi connectivity index (χ4n) is 3.12. The highest BCUT2D eigenvalue weighted by Crippen LogP contribution is 2.35. The maximum absolute atomic E-state index is 11.6. The summed E-state index contributed by atoms with van der Waals surface area (Å²) >= 11 is 3.59. The number of hydrogen-bond acceptors (Lipinski definition) is 6. The molecule has 152 valence electrons. The number of halogens is 1. The highest BCUT2D eigenvalue weighted by Gasteiger charge is 2.15. The molecular weight excluding hydrogens is 466 g/mol. The van der Waals surface area contributed by atoms with Crippen LogP contribution in [0.25, 0.3) is 22.0 Å². The van der Waals surface area contributed by atoms with E-state index in [1.54, 1.807) is 22.1 Å². The first-order valence-corrected chi connectivity index (χ1v) is 11.6. The van der Waals surface area contributed by atoms with Crippen molar-refractivity contribution in [2.75, 3.05) is 20.6 Å². The SMILES string of the molecule is CS(=O)(=O)Nc1cccc(-c2ccc3nc(N)nc(N(Br)c4ccccc4)c3c2)c1. The van der Waals surface area contributed by atoms with Crippen molar-refractivity contribution in [3.63, 3.8) is 0 Å². The van der Waals surface area contributed by atoms with Crippen LogP contribution in [0.5, 0.6) is 0 Å². The highest BCUT2D eigenvalue weighted by atomic mass is 79.9. The Balaban J connectivity index is 1.83. The number of benzene rings is 3. The summed E-state index contributed by atoms with van der Waals surface area (Å²) in [6.45, 7) is 0. The maximum Gasteiger partial charge on any atom is 0.229 e. The molecule has 0 aliphatic carbocycles. The third-order valence-electron chi connectivity index (χ3n) is 4.36. The maximum atomic E-state index is 11.6. The standard InChI is InChI=1S/C21H18BrN5O2S/c1-30(28,29)26-16-7-5-6-14(12-16)15-10-11-19-18(13-15)20(25-21(23)24-19)27(22)17-8-3-2-4-9-17/h2-13,26H,1H3,(H2,23,24,25). The molecule has 4 rings (SSSR count). The lowest BCUT2D eigenvalue weighted by Gasteiger charge is -2.18. The van der Waals surface area contributed by atoms with Gasteiger partial charge in [-0.25, -0.2) is 13.4 Å². The van der Waals surface area contributed by atoms with E-state index in [9.17, 15) is 8.42 Å². The minimum absolute atomic E-state index is 0.171. The third-order valence-corrected chi connectivity index (χ3v) is 5.71. The summed E-state index contributed by atoms with van der Waals surface area (Å²) in [6, 6.07) is 22.6. The van der Waals surface area contributed by atoms with E-state index in [0.717, 1.165) is 28.5 Å². The van der Waals surface area contributed by atoms with E-state index < -0.39 is 10.0 Å². The average Bonchev–Trinajstić information content (AvgIpc) is 2.72. The molecule has 7 nitrogen and oxygen atoms in total. The minimum Gasteiger partial charge on any atom is -0.368 e. The molecule has 0 radical (unpaired) electrons. The Morgan fingerprint density at radius 1 is 0.933 bits per heavy atom. The Bertz CT molecular complexity index is 1330. The zero-order valence-electron chi connectivity index (χ0n) is 15.9. The predicted molar refractivity (Wildman–Crippen MR) is 125 cm³/mol. The molecule has 0 amide bonds. The summed E-state index contributed by atoms with van der Waals surface area (Å²) in [4.78, 5) is 8.77. The molecule has 0 fully saturated rings. The first kappa shape index (κ1) is 20.1. The molecule has 0 unspecified atom stereocenters. The molecule has 9 heteroatoms. The first-order valence-electron chi connectivity index (χ1n) is 8.97. The summed E-state index contributed by atoms with van der Waals surface area (Å²) in [7, 11) is -3.36. The quantitative estimate of drug-likeness (QED) is 0.399. The summed E-state index contributed by atoms with van der Waals surface area (Å²) in [5.41, 5.74) is 9.77. The van der Waals surface area contributed by atoms with Crippen molar-refractivity contribution in [1.29, 1.82) is 0 Å². The van der Waals surface area contributed by atoms with Gasteiger partial charge in [0.1, 0.15) is 0 Å². The zero-order chi connectivity index (χ0) is 21.3. The Labute approximate surface area is 183 Å². The lowest BCUT2D eigenvalue weighted by atomic mass is 10.0. The van der Waals surface area contributed by atoms with Crippen LogP contribution in [0.1, 0.15) is 0 Å². The van der Waals surface area contributed by atoms with Gasteiger partial charge in [0.2, 0.25) is 16.0 Å². The fraction of sp³-hybridized carbons (Fsp3) is 0.0476. The molecule has 30 heavy (non-hydrogen) atoms. The van der Waals surface area contributed by atoms with Crippen molar-refractivity contribution >= 4 is 60.2 Å². The van der Waals surface area contributed by atoms with Gasteiger partial charge in [0, 0.05) is 11.1 Å². The fourth-order valence-corrected chi connectivity index (χ4v) is 4.18. The molecule has 0 saturated carbocycles. The van der Waals surface area contributed by atoms with Crippen molar-refractivity contribution in [2.24, 2.45) is 0 Å². The van der Waals surface area contributed by atoms with Gasteiger partial charge in [0.25, 0.3) is 0 Å². The van der Waals surface area contributed by atoms with E-state index in [0.29, 0.717) is 17.0 Å². The van der Waals surface area contributed by atoms with E-state index in [4.69, 9.17) is 5.73 Å². The Kier molecular flexibility index (Phi) is 5.31. The summed E-state index contributed by atoms with van der Waals surface area (Å²) in [6.07, 6.45) is 1.12. The van der Waals surface area contributed by atoms with Gasteiger partial charge in [-0.1, -0.05) is 36.4 Å². The second-order valence-corrected chi connectivity index (χ2v) is 9.17. The number of nitrogens with one attached hydrogen (secondary N) is 1. The number of fused-ring (bicyclic) bond motifs is 1. The van der Waals surface area contributed by atoms with E-state index in [1.165, 1.54) is 0 Å². The number of sulfonamides is 1. The smallest absolute Gasteiger partial charge is 0.229 e. The average molecular weight is 484 g/mol. The Morgan fingerprint density at radius 3 is 2.40 bits per heavy atom. The van der Waals surface area contributed by atoms with Gasteiger partial charge >= 0.3 is 0 Å². The monoisotopic (exact) mass is 483 g/mol. The number of rotatable bonds is 5. The first-order chi connectivity index (χ1) is 14.3. The van der Waals surface area contributed by atoms with Crippen LogP contribution in [-0.4, -0.2) is 24.6 Å². The lowest BCUT2D eigenvalue weighted by Crippen LogP contribution is -2.09.